The van der Waals surface area contributed by atoms with Gasteiger partial charge in [-0.25, -0.2) is 12.8 Å². The predicted molar refractivity (Wildman–Crippen MR) is 102 cm³/mol. The van der Waals surface area contributed by atoms with Crippen LogP contribution < -0.4 is 5.32 Å². The number of benzene rings is 2. The molecule has 0 spiro atoms. The maximum atomic E-state index is 13.8. The third-order valence-corrected chi connectivity index (χ3v) is 6.86. The van der Waals surface area contributed by atoms with E-state index in [1.54, 1.807) is 31.2 Å². The number of amides is 1. The Labute approximate surface area is 159 Å². The van der Waals surface area contributed by atoms with Gasteiger partial charge in [0.15, 0.2) is 0 Å². The quantitative estimate of drug-likeness (QED) is 0.869. The normalized spacial score (nSPS) is 18.3. The van der Waals surface area contributed by atoms with E-state index >= 15 is 0 Å². The zero-order chi connectivity index (χ0) is 19.6. The number of piperidine rings is 1. The number of carbonyl (C=O) groups is 1. The molecule has 1 heterocycles. The summed E-state index contributed by atoms with van der Waals surface area (Å²) in [4.78, 5) is 12.8. The lowest BCUT2D eigenvalue weighted by Crippen LogP contribution is -2.43. The summed E-state index contributed by atoms with van der Waals surface area (Å²) in [5.41, 5.74) is 1.65. The second-order valence-electron chi connectivity index (χ2n) is 6.94. The molecule has 0 bridgehead atoms. The average Bonchev–Trinajstić information content (AvgIpc) is 2.65. The monoisotopic (exact) mass is 390 g/mol. The van der Waals surface area contributed by atoms with Crippen molar-refractivity contribution in [2.75, 3.05) is 18.4 Å². The van der Waals surface area contributed by atoms with E-state index in [4.69, 9.17) is 0 Å². The second-order valence-corrected chi connectivity index (χ2v) is 8.85. The van der Waals surface area contributed by atoms with Crippen molar-refractivity contribution < 1.29 is 17.6 Å². The Bertz CT molecular complexity index is 959. The van der Waals surface area contributed by atoms with Gasteiger partial charge in [0.05, 0.1) is 16.5 Å². The van der Waals surface area contributed by atoms with Gasteiger partial charge in [-0.05, 0) is 56.0 Å². The number of hydrogen-bond donors (Lipinski definition) is 1. The number of anilines is 1. The van der Waals surface area contributed by atoms with Crippen LogP contribution in [0.25, 0.3) is 0 Å². The van der Waals surface area contributed by atoms with Crippen molar-refractivity contribution >= 4 is 21.6 Å². The molecule has 1 N–H and O–H groups in total. The van der Waals surface area contributed by atoms with Gasteiger partial charge in [-0.2, -0.15) is 4.31 Å². The lowest BCUT2D eigenvalue weighted by molar-refractivity contribution is -0.120. The Morgan fingerprint density at radius 2 is 1.93 bits per heavy atom. The van der Waals surface area contributed by atoms with Gasteiger partial charge in [0.25, 0.3) is 0 Å². The van der Waals surface area contributed by atoms with Crippen LogP contribution in [0.5, 0.6) is 0 Å². The Morgan fingerprint density at radius 3 is 2.67 bits per heavy atom. The van der Waals surface area contributed by atoms with Crippen LogP contribution in [0, 0.1) is 25.6 Å². The highest BCUT2D eigenvalue weighted by Gasteiger charge is 2.34. The number of halogens is 1. The van der Waals surface area contributed by atoms with Crippen LogP contribution in [0.15, 0.2) is 47.4 Å². The van der Waals surface area contributed by atoms with Crippen LogP contribution in [-0.2, 0) is 14.8 Å². The summed E-state index contributed by atoms with van der Waals surface area (Å²) < 4.78 is 41.3. The number of sulfonamides is 1. The topological polar surface area (TPSA) is 66.5 Å². The zero-order valence-corrected chi connectivity index (χ0v) is 16.2. The molecular weight excluding hydrogens is 367 g/mol. The van der Waals surface area contributed by atoms with Gasteiger partial charge in [-0.15, -0.1) is 0 Å². The minimum absolute atomic E-state index is 0.0933. The Kier molecular flexibility index (Phi) is 5.62. The SMILES string of the molecule is Cc1ccc(C)c(S(=O)(=O)N2CCC[C@H](C(=O)Nc3ccccc3F)C2)c1. The molecule has 1 atom stereocenters. The van der Waals surface area contributed by atoms with Gasteiger partial charge < -0.3 is 5.32 Å². The maximum absolute atomic E-state index is 13.8. The van der Waals surface area contributed by atoms with Gasteiger partial charge in [0.2, 0.25) is 15.9 Å². The highest BCUT2D eigenvalue weighted by molar-refractivity contribution is 7.89. The van der Waals surface area contributed by atoms with Gasteiger partial charge in [0, 0.05) is 13.1 Å². The van der Waals surface area contributed by atoms with Crippen molar-refractivity contribution in [3.8, 4) is 0 Å². The van der Waals surface area contributed by atoms with Crippen molar-refractivity contribution in [3.63, 3.8) is 0 Å². The fourth-order valence-corrected chi connectivity index (χ4v) is 5.13. The molecule has 2 aromatic carbocycles. The lowest BCUT2D eigenvalue weighted by Gasteiger charge is -2.31. The summed E-state index contributed by atoms with van der Waals surface area (Å²) in [6.07, 6.45) is 1.15. The van der Waals surface area contributed by atoms with Crippen LogP contribution in [0.2, 0.25) is 0 Å². The molecule has 1 saturated heterocycles. The van der Waals surface area contributed by atoms with E-state index in [1.165, 1.54) is 16.4 Å². The minimum atomic E-state index is -3.68. The summed E-state index contributed by atoms with van der Waals surface area (Å²) in [6.45, 7) is 4.08. The van der Waals surface area contributed by atoms with E-state index in [0.717, 1.165) is 5.56 Å². The van der Waals surface area contributed by atoms with Gasteiger partial charge >= 0.3 is 0 Å². The molecule has 1 amide bonds. The minimum Gasteiger partial charge on any atom is -0.323 e. The second kappa shape index (κ2) is 7.78. The number of hydrogen-bond acceptors (Lipinski definition) is 3. The third kappa shape index (κ3) is 4.20. The van der Waals surface area contributed by atoms with Crippen molar-refractivity contribution in [2.45, 2.75) is 31.6 Å². The van der Waals surface area contributed by atoms with E-state index in [9.17, 15) is 17.6 Å². The van der Waals surface area contributed by atoms with Crippen LogP contribution in [0.1, 0.15) is 24.0 Å². The number of carbonyl (C=O) groups excluding carboxylic acids is 1. The standard InChI is InChI=1S/C20H23FN2O3S/c1-14-9-10-15(2)19(12-14)27(25,26)23-11-5-6-16(13-23)20(24)22-18-8-4-3-7-17(18)21/h3-4,7-10,12,16H,5-6,11,13H2,1-2H3,(H,22,24)/t16-/m0/s1. The first-order valence-electron chi connectivity index (χ1n) is 8.92. The van der Waals surface area contributed by atoms with Crippen molar-refractivity contribution in [1.82, 2.24) is 4.31 Å². The smallest absolute Gasteiger partial charge is 0.243 e. The lowest BCUT2D eigenvalue weighted by atomic mass is 9.98. The molecule has 1 fully saturated rings. The molecule has 0 aromatic heterocycles. The Hall–Kier alpha value is -2.25. The molecular formula is C20H23FN2O3S. The van der Waals surface area contributed by atoms with Crippen molar-refractivity contribution in [3.05, 3.63) is 59.4 Å². The summed E-state index contributed by atoms with van der Waals surface area (Å²) in [7, 11) is -3.68. The van der Waals surface area contributed by atoms with Gasteiger partial charge in [0.1, 0.15) is 5.82 Å². The molecule has 2 aromatic rings. The van der Waals surface area contributed by atoms with Crippen LogP contribution in [0.4, 0.5) is 10.1 Å². The van der Waals surface area contributed by atoms with E-state index in [-0.39, 0.29) is 23.0 Å². The van der Waals surface area contributed by atoms with Crippen LogP contribution in [-0.4, -0.2) is 31.7 Å². The molecule has 0 saturated carbocycles. The molecule has 27 heavy (non-hydrogen) atoms. The maximum Gasteiger partial charge on any atom is 0.243 e. The zero-order valence-electron chi connectivity index (χ0n) is 15.4. The Morgan fingerprint density at radius 1 is 1.19 bits per heavy atom. The molecule has 3 rings (SSSR count). The third-order valence-electron chi connectivity index (χ3n) is 4.85. The van der Waals surface area contributed by atoms with Gasteiger partial charge in [-0.1, -0.05) is 24.3 Å². The van der Waals surface area contributed by atoms with Crippen molar-refractivity contribution in [1.29, 1.82) is 0 Å². The highest BCUT2D eigenvalue weighted by atomic mass is 32.2. The molecule has 1 aliphatic rings. The van der Waals surface area contributed by atoms with E-state index in [0.29, 0.717) is 24.9 Å². The molecule has 5 nitrogen and oxygen atoms in total. The van der Waals surface area contributed by atoms with Crippen LogP contribution in [0.3, 0.4) is 0 Å². The molecule has 144 valence electrons. The largest absolute Gasteiger partial charge is 0.323 e. The number of nitrogens with zero attached hydrogens (tertiary/aromatic N) is 1. The van der Waals surface area contributed by atoms with Crippen molar-refractivity contribution in [2.24, 2.45) is 5.92 Å². The molecule has 0 aliphatic carbocycles. The molecule has 0 unspecified atom stereocenters. The number of aryl methyl sites for hydroxylation is 2. The first-order valence-corrected chi connectivity index (χ1v) is 10.4. The Balaban J connectivity index is 1.78. The number of para-hydroxylation sites is 1. The summed E-state index contributed by atoms with van der Waals surface area (Å²) >= 11 is 0. The first kappa shape index (κ1) is 19.5. The molecule has 0 radical (unpaired) electrons. The fraction of sp³-hybridized carbons (Fsp3) is 0.350. The van der Waals surface area contributed by atoms with E-state index < -0.39 is 21.8 Å². The van der Waals surface area contributed by atoms with E-state index in [1.807, 2.05) is 13.0 Å². The summed E-state index contributed by atoms with van der Waals surface area (Å²) in [6, 6.07) is 11.3. The summed E-state index contributed by atoms with van der Waals surface area (Å²) in [5.74, 6) is -1.39. The predicted octanol–water partition coefficient (Wildman–Crippen LogP) is 3.48. The fourth-order valence-electron chi connectivity index (χ4n) is 3.30. The molecule has 1 aliphatic heterocycles. The van der Waals surface area contributed by atoms with Crippen LogP contribution >= 0.6 is 0 Å². The number of rotatable bonds is 4. The average molecular weight is 390 g/mol. The number of nitrogens with one attached hydrogen (secondary N) is 1. The highest BCUT2D eigenvalue weighted by Crippen LogP contribution is 2.27. The summed E-state index contributed by atoms with van der Waals surface area (Å²) in [5, 5.41) is 2.58. The van der Waals surface area contributed by atoms with E-state index in [2.05, 4.69) is 5.32 Å². The first-order chi connectivity index (χ1) is 12.8. The van der Waals surface area contributed by atoms with Gasteiger partial charge in [-0.3, -0.25) is 4.79 Å². The molecule has 7 heteroatoms.